The Morgan fingerprint density at radius 2 is 1.90 bits per heavy atom. The molecule has 0 radical (unpaired) electrons. The van der Waals surface area contributed by atoms with E-state index in [-0.39, 0.29) is 15.6 Å². The minimum Gasteiger partial charge on any atom is -0.322 e. The molecule has 4 aromatic rings. The largest absolute Gasteiger partial charge is 0.322 e. The van der Waals surface area contributed by atoms with Gasteiger partial charge in [0.15, 0.2) is 5.65 Å². The normalized spacial score (nSPS) is 11.4. The van der Waals surface area contributed by atoms with Crippen LogP contribution in [0.3, 0.4) is 0 Å². The van der Waals surface area contributed by atoms with Crippen molar-refractivity contribution in [2.24, 2.45) is 0 Å². The summed E-state index contributed by atoms with van der Waals surface area (Å²) in [6.07, 6.45) is 3.26. The van der Waals surface area contributed by atoms with Crippen LogP contribution in [0.2, 0.25) is 5.02 Å². The second kappa shape index (κ2) is 7.77. The molecule has 2 N–H and O–H groups in total. The van der Waals surface area contributed by atoms with Crippen molar-refractivity contribution in [1.29, 1.82) is 0 Å². The van der Waals surface area contributed by atoms with E-state index in [0.717, 1.165) is 0 Å². The standard InChI is InChI=1S/C20H16ClN5O3S/c1-13-18(19-22-10-5-11-26(19)24-13)20(27)23-14-6-4-7-15(12-14)30(28,29)25-17-9-3-2-8-16(17)21/h2-12,25H,1H3,(H,23,27). The van der Waals surface area contributed by atoms with Gasteiger partial charge in [0.2, 0.25) is 0 Å². The van der Waals surface area contributed by atoms with Gasteiger partial charge in [-0.05, 0) is 43.3 Å². The highest BCUT2D eigenvalue weighted by atomic mass is 35.5. The second-order valence-corrected chi connectivity index (χ2v) is 8.51. The van der Waals surface area contributed by atoms with Crippen molar-refractivity contribution >= 4 is 44.6 Å². The molecule has 2 aromatic carbocycles. The van der Waals surface area contributed by atoms with Gasteiger partial charge in [-0.3, -0.25) is 9.52 Å². The molecule has 0 atom stereocenters. The number of benzene rings is 2. The van der Waals surface area contributed by atoms with E-state index in [9.17, 15) is 13.2 Å². The van der Waals surface area contributed by atoms with Crippen LogP contribution in [0.1, 0.15) is 16.1 Å². The summed E-state index contributed by atoms with van der Waals surface area (Å²) in [4.78, 5) is 17.0. The number of halogens is 1. The zero-order valence-electron chi connectivity index (χ0n) is 15.7. The molecule has 0 aliphatic carbocycles. The third-order valence-electron chi connectivity index (χ3n) is 4.32. The lowest BCUT2D eigenvalue weighted by Crippen LogP contribution is -2.16. The Bertz CT molecular complexity index is 1370. The van der Waals surface area contributed by atoms with Gasteiger partial charge in [0.05, 0.1) is 21.3 Å². The Kier molecular flexibility index (Phi) is 5.15. The number of hydrogen-bond acceptors (Lipinski definition) is 5. The Labute approximate surface area is 177 Å². The Morgan fingerprint density at radius 3 is 2.70 bits per heavy atom. The van der Waals surface area contributed by atoms with Crippen molar-refractivity contribution in [3.05, 3.63) is 83.3 Å². The number of anilines is 2. The highest BCUT2D eigenvalue weighted by Crippen LogP contribution is 2.25. The van der Waals surface area contributed by atoms with Crippen LogP contribution in [-0.4, -0.2) is 28.9 Å². The van der Waals surface area contributed by atoms with E-state index in [1.807, 2.05) is 0 Å². The number of aryl methyl sites for hydroxylation is 1. The van der Waals surface area contributed by atoms with Crippen LogP contribution < -0.4 is 10.0 Å². The van der Waals surface area contributed by atoms with Gasteiger partial charge in [-0.15, -0.1) is 0 Å². The monoisotopic (exact) mass is 441 g/mol. The molecular formula is C20H16ClN5O3S. The van der Waals surface area contributed by atoms with Gasteiger partial charge >= 0.3 is 0 Å². The molecule has 0 aliphatic heterocycles. The molecule has 0 bridgehead atoms. The first-order valence-electron chi connectivity index (χ1n) is 8.84. The summed E-state index contributed by atoms with van der Waals surface area (Å²) < 4.78 is 29.4. The number of nitrogens with one attached hydrogen (secondary N) is 2. The third-order valence-corrected chi connectivity index (χ3v) is 6.01. The van der Waals surface area contributed by atoms with Crippen LogP contribution >= 0.6 is 11.6 Å². The van der Waals surface area contributed by atoms with Crippen molar-refractivity contribution in [3.8, 4) is 0 Å². The number of para-hydroxylation sites is 1. The predicted molar refractivity (Wildman–Crippen MR) is 114 cm³/mol. The van der Waals surface area contributed by atoms with Crippen molar-refractivity contribution < 1.29 is 13.2 Å². The quantitative estimate of drug-likeness (QED) is 0.490. The molecule has 2 aromatic heterocycles. The maximum atomic E-state index is 12.8. The second-order valence-electron chi connectivity index (χ2n) is 6.42. The number of amides is 1. The first kappa shape index (κ1) is 19.9. The minimum absolute atomic E-state index is 0.0186. The molecular weight excluding hydrogens is 426 g/mol. The van der Waals surface area contributed by atoms with Gasteiger partial charge in [-0.25, -0.2) is 17.9 Å². The van der Waals surface area contributed by atoms with Crippen molar-refractivity contribution in [1.82, 2.24) is 14.6 Å². The molecule has 10 heteroatoms. The van der Waals surface area contributed by atoms with Gasteiger partial charge in [-0.1, -0.05) is 29.8 Å². The maximum Gasteiger partial charge on any atom is 0.262 e. The van der Waals surface area contributed by atoms with E-state index >= 15 is 0 Å². The maximum absolute atomic E-state index is 12.8. The summed E-state index contributed by atoms with van der Waals surface area (Å²) in [5.41, 5.74) is 1.82. The minimum atomic E-state index is -3.91. The Morgan fingerprint density at radius 1 is 1.10 bits per heavy atom. The summed E-state index contributed by atoms with van der Waals surface area (Å²) in [5.74, 6) is -0.435. The number of carbonyl (C=O) groups excluding carboxylic acids is 1. The van der Waals surface area contributed by atoms with Gasteiger partial charge < -0.3 is 5.32 Å². The van der Waals surface area contributed by atoms with Gasteiger partial charge in [0.1, 0.15) is 5.56 Å². The molecule has 30 heavy (non-hydrogen) atoms. The predicted octanol–water partition coefficient (Wildman–Crippen LogP) is 3.74. The van der Waals surface area contributed by atoms with E-state index in [1.54, 1.807) is 55.7 Å². The van der Waals surface area contributed by atoms with E-state index in [1.165, 1.54) is 22.7 Å². The molecule has 0 saturated carbocycles. The van der Waals surface area contributed by atoms with Gasteiger partial charge in [0, 0.05) is 18.1 Å². The van der Waals surface area contributed by atoms with Gasteiger partial charge in [-0.2, -0.15) is 5.10 Å². The summed E-state index contributed by atoms with van der Waals surface area (Å²) in [6, 6.07) is 14.2. The molecule has 0 spiro atoms. The highest BCUT2D eigenvalue weighted by molar-refractivity contribution is 7.92. The van der Waals surface area contributed by atoms with Crippen LogP contribution in [0.15, 0.2) is 71.9 Å². The summed E-state index contributed by atoms with van der Waals surface area (Å²) in [6.45, 7) is 1.71. The average Bonchev–Trinajstić information content (AvgIpc) is 3.05. The lowest BCUT2D eigenvalue weighted by atomic mass is 10.2. The number of carbonyl (C=O) groups is 1. The molecule has 0 aliphatic rings. The Hall–Kier alpha value is -3.43. The average molecular weight is 442 g/mol. The van der Waals surface area contributed by atoms with Crippen molar-refractivity contribution in [2.45, 2.75) is 11.8 Å². The third kappa shape index (κ3) is 3.85. The van der Waals surface area contributed by atoms with Crippen LogP contribution in [-0.2, 0) is 10.0 Å². The molecule has 1 amide bonds. The van der Waals surface area contributed by atoms with E-state index < -0.39 is 15.9 Å². The van der Waals surface area contributed by atoms with Gasteiger partial charge in [0.25, 0.3) is 15.9 Å². The molecule has 2 heterocycles. The highest BCUT2D eigenvalue weighted by Gasteiger charge is 2.20. The number of hydrogen-bond donors (Lipinski definition) is 2. The van der Waals surface area contributed by atoms with E-state index in [0.29, 0.717) is 22.6 Å². The summed E-state index contributed by atoms with van der Waals surface area (Å²) in [5, 5.41) is 7.26. The SMILES string of the molecule is Cc1nn2cccnc2c1C(=O)Nc1cccc(S(=O)(=O)Nc2ccccc2Cl)c1. The number of sulfonamides is 1. The van der Waals surface area contributed by atoms with Crippen molar-refractivity contribution in [2.75, 3.05) is 10.0 Å². The first-order chi connectivity index (χ1) is 14.3. The number of nitrogens with zero attached hydrogens (tertiary/aromatic N) is 3. The molecule has 0 saturated heterocycles. The lowest BCUT2D eigenvalue weighted by Gasteiger charge is -2.11. The van der Waals surface area contributed by atoms with E-state index in [2.05, 4.69) is 20.1 Å². The summed E-state index contributed by atoms with van der Waals surface area (Å²) >= 11 is 6.04. The molecule has 4 rings (SSSR count). The number of aromatic nitrogens is 3. The molecule has 0 fully saturated rings. The zero-order chi connectivity index (χ0) is 21.3. The van der Waals surface area contributed by atoms with Crippen LogP contribution in [0.4, 0.5) is 11.4 Å². The topological polar surface area (TPSA) is 105 Å². The fourth-order valence-electron chi connectivity index (χ4n) is 2.94. The molecule has 0 unspecified atom stereocenters. The molecule has 8 nitrogen and oxygen atoms in total. The van der Waals surface area contributed by atoms with Crippen LogP contribution in [0.5, 0.6) is 0 Å². The van der Waals surface area contributed by atoms with Crippen molar-refractivity contribution in [3.63, 3.8) is 0 Å². The summed E-state index contributed by atoms with van der Waals surface area (Å²) in [7, 11) is -3.91. The Balaban J connectivity index is 1.61. The fraction of sp³-hybridized carbons (Fsp3) is 0.0500. The fourth-order valence-corrected chi connectivity index (χ4v) is 4.31. The number of fused-ring (bicyclic) bond motifs is 1. The van der Waals surface area contributed by atoms with Crippen LogP contribution in [0, 0.1) is 6.92 Å². The lowest BCUT2D eigenvalue weighted by molar-refractivity contribution is 0.102. The van der Waals surface area contributed by atoms with E-state index in [4.69, 9.17) is 11.6 Å². The number of rotatable bonds is 5. The molecule has 152 valence electrons. The van der Waals surface area contributed by atoms with Crippen LogP contribution in [0.25, 0.3) is 5.65 Å². The first-order valence-corrected chi connectivity index (χ1v) is 10.7. The zero-order valence-corrected chi connectivity index (χ0v) is 17.3. The smallest absolute Gasteiger partial charge is 0.262 e.